The Kier molecular flexibility index (Phi) is 6.93. The molecule has 0 aromatic carbocycles. The summed E-state index contributed by atoms with van der Waals surface area (Å²) >= 11 is 3.51. The molecule has 2 saturated heterocycles. The molecular weight excluding hydrogens is 354 g/mol. The van der Waals surface area contributed by atoms with E-state index in [1.165, 1.54) is 19.2 Å². The third kappa shape index (κ3) is 5.78. The first-order chi connectivity index (χ1) is 9.99. The quantitative estimate of drug-likeness (QED) is 0.667. The highest BCUT2D eigenvalue weighted by atomic mass is 79.9. The van der Waals surface area contributed by atoms with Gasteiger partial charge in [0, 0.05) is 44.6 Å². The maximum atomic E-state index is 11.7. The van der Waals surface area contributed by atoms with Gasteiger partial charge in [0.05, 0.1) is 6.26 Å². The monoisotopic (exact) mass is 381 g/mol. The maximum absolute atomic E-state index is 11.7. The highest BCUT2D eigenvalue weighted by molar-refractivity contribution is 9.09. The van der Waals surface area contributed by atoms with E-state index in [-0.39, 0.29) is 0 Å². The third-order valence-electron chi connectivity index (χ3n) is 4.55. The Hall–Kier alpha value is 0.310. The summed E-state index contributed by atoms with van der Waals surface area (Å²) in [6.45, 7) is 8.16. The number of rotatable bonds is 5. The Labute approximate surface area is 137 Å². The summed E-state index contributed by atoms with van der Waals surface area (Å²) in [5.41, 5.74) is 0. The van der Waals surface area contributed by atoms with Crippen LogP contribution in [0.25, 0.3) is 0 Å². The Bertz CT molecular complexity index is 418. The molecule has 1 unspecified atom stereocenters. The van der Waals surface area contributed by atoms with Crippen LogP contribution in [0.4, 0.5) is 0 Å². The molecule has 2 fully saturated rings. The minimum Gasteiger partial charge on any atom is -0.302 e. The van der Waals surface area contributed by atoms with Crippen LogP contribution in [0.2, 0.25) is 0 Å². The van der Waals surface area contributed by atoms with E-state index in [1.54, 1.807) is 4.31 Å². The first kappa shape index (κ1) is 17.7. The molecule has 0 aliphatic carbocycles. The molecule has 7 heteroatoms. The smallest absolute Gasteiger partial charge is 0.211 e. The van der Waals surface area contributed by atoms with Crippen LogP contribution < -0.4 is 0 Å². The van der Waals surface area contributed by atoms with Gasteiger partial charge in [-0.2, -0.15) is 0 Å². The van der Waals surface area contributed by atoms with E-state index < -0.39 is 10.0 Å². The Morgan fingerprint density at radius 2 is 1.76 bits per heavy atom. The molecule has 124 valence electrons. The molecule has 2 aliphatic heterocycles. The van der Waals surface area contributed by atoms with E-state index in [0.29, 0.717) is 19.0 Å². The molecule has 0 spiro atoms. The standard InChI is InChI=1S/C14H28BrN3O2S/c1-21(19,20)18-8-2-4-14(13-18)12-17-7-3-6-16(9-5-15)10-11-17/h14H,2-13H2,1H3. The predicted octanol–water partition coefficient (Wildman–Crippen LogP) is 1.06. The number of hydrogen-bond acceptors (Lipinski definition) is 4. The number of piperidine rings is 1. The van der Waals surface area contributed by atoms with Crippen LogP contribution in [0.3, 0.4) is 0 Å². The minimum absolute atomic E-state index is 0.496. The molecule has 2 aliphatic rings. The van der Waals surface area contributed by atoms with Gasteiger partial charge in [-0.25, -0.2) is 12.7 Å². The summed E-state index contributed by atoms with van der Waals surface area (Å²) in [5.74, 6) is 0.496. The summed E-state index contributed by atoms with van der Waals surface area (Å²) in [7, 11) is -3.02. The van der Waals surface area contributed by atoms with Gasteiger partial charge in [-0.3, -0.25) is 0 Å². The molecule has 0 saturated carbocycles. The van der Waals surface area contributed by atoms with Crippen molar-refractivity contribution in [3.63, 3.8) is 0 Å². The van der Waals surface area contributed by atoms with E-state index in [9.17, 15) is 8.42 Å². The fourth-order valence-electron chi connectivity index (χ4n) is 3.39. The molecule has 0 radical (unpaired) electrons. The second-order valence-corrected chi connectivity index (χ2v) is 9.09. The molecule has 0 aromatic rings. The third-order valence-corrected chi connectivity index (χ3v) is 6.17. The summed E-state index contributed by atoms with van der Waals surface area (Å²) in [6, 6.07) is 0. The molecule has 5 nitrogen and oxygen atoms in total. The molecular formula is C14H28BrN3O2S. The Morgan fingerprint density at radius 1 is 1.05 bits per heavy atom. The van der Waals surface area contributed by atoms with Gasteiger partial charge in [0.1, 0.15) is 0 Å². The van der Waals surface area contributed by atoms with Crippen molar-refractivity contribution in [3.8, 4) is 0 Å². The maximum Gasteiger partial charge on any atom is 0.211 e. The highest BCUT2D eigenvalue weighted by Crippen LogP contribution is 2.20. The van der Waals surface area contributed by atoms with Crippen molar-refractivity contribution in [3.05, 3.63) is 0 Å². The number of nitrogens with zero attached hydrogens (tertiary/aromatic N) is 3. The zero-order valence-corrected chi connectivity index (χ0v) is 15.4. The van der Waals surface area contributed by atoms with E-state index in [0.717, 1.165) is 50.9 Å². The van der Waals surface area contributed by atoms with Crippen LogP contribution in [0, 0.1) is 5.92 Å². The summed E-state index contributed by atoms with van der Waals surface area (Å²) < 4.78 is 25.1. The highest BCUT2D eigenvalue weighted by Gasteiger charge is 2.27. The molecule has 0 aromatic heterocycles. The largest absolute Gasteiger partial charge is 0.302 e. The topological polar surface area (TPSA) is 43.9 Å². The number of alkyl halides is 1. The van der Waals surface area contributed by atoms with E-state index in [4.69, 9.17) is 0 Å². The van der Waals surface area contributed by atoms with Gasteiger partial charge in [-0.15, -0.1) is 0 Å². The van der Waals surface area contributed by atoms with Crippen molar-refractivity contribution >= 4 is 26.0 Å². The Balaban J connectivity index is 1.81. The minimum atomic E-state index is -3.02. The van der Waals surface area contributed by atoms with E-state index in [2.05, 4.69) is 25.7 Å². The number of halogens is 1. The van der Waals surface area contributed by atoms with Gasteiger partial charge in [-0.1, -0.05) is 15.9 Å². The van der Waals surface area contributed by atoms with Gasteiger partial charge >= 0.3 is 0 Å². The van der Waals surface area contributed by atoms with Crippen molar-refractivity contribution in [2.45, 2.75) is 19.3 Å². The SMILES string of the molecule is CS(=O)(=O)N1CCCC(CN2CCCN(CCBr)CC2)C1. The number of sulfonamides is 1. The van der Waals surface area contributed by atoms with Gasteiger partial charge in [-0.05, 0) is 38.3 Å². The first-order valence-electron chi connectivity index (χ1n) is 7.95. The van der Waals surface area contributed by atoms with E-state index >= 15 is 0 Å². The molecule has 21 heavy (non-hydrogen) atoms. The van der Waals surface area contributed by atoms with Crippen LogP contribution in [0.5, 0.6) is 0 Å². The summed E-state index contributed by atoms with van der Waals surface area (Å²) in [5, 5.41) is 1.04. The van der Waals surface area contributed by atoms with Crippen molar-refractivity contribution in [1.29, 1.82) is 0 Å². The fourth-order valence-corrected chi connectivity index (χ4v) is 4.84. The van der Waals surface area contributed by atoms with Gasteiger partial charge in [0.2, 0.25) is 10.0 Å². The summed E-state index contributed by atoms with van der Waals surface area (Å²) in [6.07, 6.45) is 4.71. The van der Waals surface area contributed by atoms with Crippen LogP contribution >= 0.6 is 15.9 Å². The van der Waals surface area contributed by atoms with Crippen molar-refractivity contribution < 1.29 is 8.42 Å². The van der Waals surface area contributed by atoms with Crippen LogP contribution in [-0.2, 0) is 10.0 Å². The number of hydrogen-bond donors (Lipinski definition) is 0. The van der Waals surface area contributed by atoms with Crippen molar-refractivity contribution in [1.82, 2.24) is 14.1 Å². The predicted molar refractivity (Wildman–Crippen MR) is 90.4 cm³/mol. The molecule has 2 heterocycles. The normalized spacial score (nSPS) is 27.6. The summed E-state index contributed by atoms with van der Waals surface area (Å²) in [4.78, 5) is 5.04. The first-order valence-corrected chi connectivity index (χ1v) is 10.9. The van der Waals surface area contributed by atoms with Crippen LogP contribution in [-0.4, -0.2) is 86.5 Å². The second kappa shape index (κ2) is 8.24. The lowest BCUT2D eigenvalue weighted by Crippen LogP contribution is -2.44. The molecule has 1 atom stereocenters. The van der Waals surface area contributed by atoms with Crippen LogP contribution in [0.1, 0.15) is 19.3 Å². The molecule has 0 N–H and O–H groups in total. The lowest BCUT2D eigenvalue weighted by molar-refractivity contribution is 0.180. The average molecular weight is 382 g/mol. The zero-order chi connectivity index (χ0) is 15.3. The van der Waals surface area contributed by atoms with Crippen molar-refractivity contribution in [2.24, 2.45) is 5.92 Å². The lowest BCUT2D eigenvalue weighted by Gasteiger charge is -2.34. The van der Waals surface area contributed by atoms with Gasteiger partial charge in [0.15, 0.2) is 0 Å². The lowest BCUT2D eigenvalue weighted by atomic mass is 9.99. The van der Waals surface area contributed by atoms with Crippen LogP contribution in [0.15, 0.2) is 0 Å². The van der Waals surface area contributed by atoms with E-state index in [1.807, 2.05) is 0 Å². The zero-order valence-electron chi connectivity index (χ0n) is 13.0. The average Bonchev–Trinajstić information content (AvgIpc) is 2.64. The molecule has 2 rings (SSSR count). The Morgan fingerprint density at radius 3 is 2.48 bits per heavy atom. The van der Waals surface area contributed by atoms with Gasteiger partial charge in [0.25, 0.3) is 0 Å². The molecule has 0 amide bonds. The van der Waals surface area contributed by atoms with Crippen molar-refractivity contribution in [2.75, 3.05) is 63.9 Å². The second-order valence-electron chi connectivity index (χ2n) is 6.31. The fraction of sp³-hybridized carbons (Fsp3) is 1.00. The molecule has 0 bridgehead atoms. The van der Waals surface area contributed by atoms with Gasteiger partial charge < -0.3 is 9.80 Å².